The smallest absolute Gasteiger partial charge is 0.222 e. The van der Waals surface area contributed by atoms with Crippen molar-refractivity contribution >= 4 is 36.4 Å². The molecular weight excluding hydrogens is 395 g/mol. The predicted molar refractivity (Wildman–Crippen MR) is 122 cm³/mol. The first kappa shape index (κ1) is 25.0. The number of hydrogen-bond donors (Lipinski definition) is 1. The highest BCUT2D eigenvalue weighted by Gasteiger charge is 2.29. The van der Waals surface area contributed by atoms with Crippen LogP contribution in [0.25, 0.3) is 0 Å². The van der Waals surface area contributed by atoms with Crippen LogP contribution in [0.5, 0.6) is 0 Å². The molecule has 1 aromatic carbocycles. The Balaban J connectivity index is 0.00000196. The summed E-state index contributed by atoms with van der Waals surface area (Å²) >= 11 is 0. The van der Waals surface area contributed by atoms with Crippen LogP contribution in [0.1, 0.15) is 38.5 Å². The van der Waals surface area contributed by atoms with Crippen molar-refractivity contribution in [2.75, 3.05) is 50.7 Å². The Morgan fingerprint density at radius 3 is 2.36 bits per heavy atom. The molecule has 0 spiro atoms. The Hall–Kier alpha value is -1.01. The third kappa shape index (κ3) is 7.11. The summed E-state index contributed by atoms with van der Waals surface area (Å²) in [6.07, 6.45) is 6.13. The number of anilines is 1. The normalized spacial score (nSPS) is 20.2. The van der Waals surface area contributed by atoms with Gasteiger partial charge in [-0.15, -0.1) is 24.8 Å². The van der Waals surface area contributed by atoms with Gasteiger partial charge in [0.25, 0.3) is 0 Å². The van der Waals surface area contributed by atoms with Crippen molar-refractivity contribution in [3.8, 4) is 0 Å². The number of nitrogens with zero attached hydrogens (tertiary/aromatic N) is 3. The second-order valence-corrected chi connectivity index (χ2v) is 7.59. The minimum atomic E-state index is 0. The van der Waals surface area contributed by atoms with Gasteiger partial charge < -0.3 is 15.5 Å². The van der Waals surface area contributed by atoms with E-state index in [-0.39, 0.29) is 24.8 Å². The molecule has 1 atom stereocenters. The van der Waals surface area contributed by atoms with E-state index in [4.69, 9.17) is 5.73 Å². The van der Waals surface area contributed by atoms with Crippen molar-refractivity contribution in [1.82, 2.24) is 9.80 Å². The Labute approximate surface area is 182 Å². The Bertz CT molecular complexity index is 553. The zero-order chi connectivity index (χ0) is 18.2. The Morgan fingerprint density at radius 1 is 0.964 bits per heavy atom. The number of unbranched alkanes of at least 4 members (excludes halogenated alkanes) is 2. The van der Waals surface area contributed by atoms with Crippen LogP contribution in [0, 0.1) is 0 Å². The lowest BCUT2D eigenvalue weighted by molar-refractivity contribution is -0.133. The minimum Gasteiger partial charge on any atom is -0.369 e. The molecule has 28 heavy (non-hydrogen) atoms. The van der Waals surface area contributed by atoms with Crippen LogP contribution in [0.4, 0.5) is 5.69 Å². The quantitative estimate of drug-likeness (QED) is 0.674. The lowest BCUT2D eigenvalue weighted by Gasteiger charge is -2.44. The molecular formula is C21H36Cl2N4O. The first-order valence-electron chi connectivity index (χ1n) is 10.3. The molecule has 1 unspecified atom stereocenters. The molecule has 5 nitrogen and oxygen atoms in total. The van der Waals surface area contributed by atoms with E-state index in [1.54, 1.807) is 0 Å². The van der Waals surface area contributed by atoms with Crippen molar-refractivity contribution in [1.29, 1.82) is 0 Å². The Kier molecular flexibility index (Phi) is 11.8. The van der Waals surface area contributed by atoms with E-state index < -0.39 is 0 Å². The summed E-state index contributed by atoms with van der Waals surface area (Å²) in [6.45, 7) is 6.93. The molecule has 2 N–H and O–H groups in total. The van der Waals surface area contributed by atoms with E-state index in [2.05, 4.69) is 45.0 Å². The maximum Gasteiger partial charge on any atom is 0.222 e. The summed E-state index contributed by atoms with van der Waals surface area (Å²) in [7, 11) is 0. The molecule has 7 heteroatoms. The molecule has 1 amide bonds. The molecule has 2 fully saturated rings. The number of benzene rings is 1. The highest BCUT2D eigenvalue weighted by Crippen LogP contribution is 2.21. The second-order valence-electron chi connectivity index (χ2n) is 7.59. The SMILES string of the molecule is Cl.Cl.NCCCCCC(=O)N1CCCC(N2CCN(c3ccccc3)CC2)C1. The van der Waals surface area contributed by atoms with Crippen LogP contribution in [0.15, 0.2) is 30.3 Å². The number of piperazine rings is 1. The summed E-state index contributed by atoms with van der Waals surface area (Å²) in [5.41, 5.74) is 6.86. The van der Waals surface area contributed by atoms with E-state index >= 15 is 0 Å². The highest BCUT2D eigenvalue weighted by molar-refractivity contribution is 5.85. The van der Waals surface area contributed by atoms with Crippen LogP contribution < -0.4 is 10.6 Å². The number of carbonyl (C=O) groups is 1. The van der Waals surface area contributed by atoms with Gasteiger partial charge in [-0.3, -0.25) is 9.69 Å². The van der Waals surface area contributed by atoms with Crippen molar-refractivity contribution in [2.45, 2.75) is 44.6 Å². The fraction of sp³-hybridized carbons (Fsp3) is 0.667. The van der Waals surface area contributed by atoms with Gasteiger partial charge >= 0.3 is 0 Å². The number of para-hydroxylation sites is 1. The topological polar surface area (TPSA) is 52.8 Å². The van der Waals surface area contributed by atoms with Gasteiger partial charge in [-0.2, -0.15) is 0 Å². The number of piperidine rings is 1. The monoisotopic (exact) mass is 430 g/mol. The van der Waals surface area contributed by atoms with Gasteiger partial charge in [-0.05, 0) is 44.4 Å². The third-order valence-electron chi connectivity index (χ3n) is 5.80. The average Bonchev–Trinajstić information content (AvgIpc) is 2.72. The van der Waals surface area contributed by atoms with Crippen LogP contribution in [0.2, 0.25) is 0 Å². The van der Waals surface area contributed by atoms with Crippen molar-refractivity contribution in [2.24, 2.45) is 5.73 Å². The summed E-state index contributed by atoms with van der Waals surface area (Å²) < 4.78 is 0. The lowest BCUT2D eigenvalue weighted by atomic mass is 10.0. The first-order valence-corrected chi connectivity index (χ1v) is 10.3. The van der Waals surface area contributed by atoms with Crippen molar-refractivity contribution in [3.63, 3.8) is 0 Å². The molecule has 2 saturated heterocycles. The van der Waals surface area contributed by atoms with E-state index in [1.165, 1.54) is 12.1 Å². The van der Waals surface area contributed by atoms with Crippen molar-refractivity contribution < 1.29 is 4.79 Å². The Morgan fingerprint density at radius 2 is 1.68 bits per heavy atom. The van der Waals surface area contributed by atoms with Crippen LogP contribution in [-0.2, 0) is 4.79 Å². The van der Waals surface area contributed by atoms with Crippen molar-refractivity contribution in [3.05, 3.63) is 30.3 Å². The summed E-state index contributed by atoms with van der Waals surface area (Å²) in [5.74, 6) is 0.342. The van der Waals surface area contributed by atoms with Gasteiger partial charge in [0.05, 0.1) is 0 Å². The fourth-order valence-corrected chi connectivity index (χ4v) is 4.22. The number of nitrogens with two attached hydrogens (primary N) is 1. The molecule has 0 radical (unpaired) electrons. The molecule has 0 aromatic heterocycles. The van der Waals surface area contributed by atoms with Gasteiger partial charge in [0.2, 0.25) is 5.91 Å². The number of hydrogen-bond acceptors (Lipinski definition) is 4. The van der Waals surface area contributed by atoms with E-state index in [0.29, 0.717) is 18.4 Å². The first-order chi connectivity index (χ1) is 12.8. The molecule has 0 aliphatic carbocycles. The van der Waals surface area contributed by atoms with Crippen LogP contribution in [-0.4, -0.2) is 67.6 Å². The van der Waals surface area contributed by atoms with Gasteiger partial charge in [0.15, 0.2) is 0 Å². The van der Waals surface area contributed by atoms with Gasteiger partial charge in [-0.25, -0.2) is 0 Å². The zero-order valence-electron chi connectivity index (χ0n) is 16.8. The molecule has 160 valence electrons. The van der Waals surface area contributed by atoms with Crippen LogP contribution >= 0.6 is 24.8 Å². The van der Waals surface area contributed by atoms with E-state index in [1.807, 2.05) is 0 Å². The molecule has 0 saturated carbocycles. The summed E-state index contributed by atoms with van der Waals surface area (Å²) in [5, 5.41) is 0. The average molecular weight is 431 g/mol. The fourth-order valence-electron chi connectivity index (χ4n) is 4.22. The highest BCUT2D eigenvalue weighted by atomic mass is 35.5. The largest absolute Gasteiger partial charge is 0.369 e. The number of carbonyl (C=O) groups excluding carboxylic acids is 1. The lowest BCUT2D eigenvalue weighted by Crippen LogP contribution is -2.55. The molecule has 2 heterocycles. The number of likely N-dealkylation sites (tertiary alicyclic amines) is 1. The van der Waals surface area contributed by atoms with E-state index in [0.717, 1.165) is 71.5 Å². The number of rotatable bonds is 7. The third-order valence-corrected chi connectivity index (χ3v) is 5.80. The molecule has 1 aromatic rings. The molecule has 2 aliphatic heterocycles. The zero-order valence-corrected chi connectivity index (χ0v) is 18.4. The van der Waals surface area contributed by atoms with Crippen LogP contribution in [0.3, 0.4) is 0 Å². The number of halogens is 2. The summed E-state index contributed by atoms with van der Waals surface area (Å²) in [6, 6.07) is 11.2. The predicted octanol–water partition coefficient (Wildman–Crippen LogP) is 3.16. The molecule has 0 bridgehead atoms. The summed E-state index contributed by atoms with van der Waals surface area (Å²) in [4.78, 5) is 19.7. The number of amides is 1. The molecule has 3 rings (SSSR count). The van der Waals surface area contributed by atoms with Gasteiger partial charge in [0.1, 0.15) is 0 Å². The maximum atomic E-state index is 12.5. The second kappa shape index (κ2) is 13.3. The molecule has 2 aliphatic rings. The van der Waals surface area contributed by atoms with Gasteiger partial charge in [-0.1, -0.05) is 24.6 Å². The minimum absolute atomic E-state index is 0. The standard InChI is InChI=1S/C21H34N4O.2ClH/c22-12-6-2-5-11-21(26)25-13-7-10-20(18-25)24-16-14-23(15-17-24)19-8-3-1-4-9-19;;/h1,3-4,8-9,20H,2,5-7,10-18,22H2;2*1H. The maximum absolute atomic E-state index is 12.5. The van der Waals surface area contributed by atoms with E-state index in [9.17, 15) is 4.79 Å². The van der Waals surface area contributed by atoms with Gasteiger partial charge in [0, 0.05) is 57.4 Å².